The number of rotatable bonds is 9. The summed E-state index contributed by atoms with van der Waals surface area (Å²) in [6.07, 6.45) is 5.31. The van der Waals surface area contributed by atoms with Gasteiger partial charge in [0.05, 0.1) is 18.2 Å². The lowest BCUT2D eigenvalue weighted by atomic mass is 9.95. The molecule has 0 aliphatic heterocycles. The van der Waals surface area contributed by atoms with E-state index < -0.39 is 22.1 Å². The van der Waals surface area contributed by atoms with Gasteiger partial charge >= 0.3 is 5.97 Å². The highest BCUT2D eigenvalue weighted by atomic mass is 32.2. The Kier molecular flexibility index (Phi) is 7.09. The fraction of sp³-hybridized carbons (Fsp3) is 0.346. The zero-order chi connectivity index (χ0) is 24.3. The molecule has 7 nitrogen and oxygen atoms in total. The third kappa shape index (κ3) is 6.07. The van der Waals surface area contributed by atoms with Gasteiger partial charge in [-0.15, -0.1) is 0 Å². The van der Waals surface area contributed by atoms with Crippen molar-refractivity contribution in [3.8, 4) is 16.9 Å². The summed E-state index contributed by atoms with van der Waals surface area (Å²) in [4.78, 5) is 11.4. The second-order valence-corrected chi connectivity index (χ2v) is 10.5. The van der Waals surface area contributed by atoms with Crippen LogP contribution in [0.25, 0.3) is 21.9 Å². The number of nitrogens with one attached hydrogen (secondary N) is 1. The van der Waals surface area contributed by atoms with Crippen LogP contribution in [0.4, 0.5) is 5.69 Å². The maximum absolute atomic E-state index is 11.4. The van der Waals surface area contributed by atoms with Gasteiger partial charge in [0, 0.05) is 5.56 Å². The number of ether oxygens (including phenoxy) is 1. The highest BCUT2D eigenvalue weighted by Gasteiger charge is 2.18. The van der Waals surface area contributed by atoms with Gasteiger partial charge in [-0.2, -0.15) is 8.42 Å². The molecule has 180 valence electrons. The molecule has 0 bridgehead atoms. The second-order valence-electron chi connectivity index (χ2n) is 9.16. The predicted molar refractivity (Wildman–Crippen MR) is 134 cm³/mol. The summed E-state index contributed by atoms with van der Waals surface area (Å²) in [5.41, 5.74) is 3.20. The standard InChI is InChI=1S/C26H30N2O5S/c1-17(26(29)30)12-19-6-11-25(33-16-18-4-2-3-5-18)24(13-19)22-8-7-21-15-23(28-34(27,31)32)10-9-20(21)14-22/h6-11,13-15,17-18,28H,2-5,12,16H2,1H3,(H,29,30)(H2,27,31,32). The van der Waals surface area contributed by atoms with E-state index in [-0.39, 0.29) is 0 Å². The molecular formula is C26H30N2O5S. The molecule has 1 atom stereocenters. The number of anilines is 1. The Bertz CT molecular complexity index is 1300. The average molecular weight is 483 g/mol. The number of carboxylic acids is 1. The van der Waals surface area contributed by atoms with Crippen molar-refractivity contribution < 1.29 is 23.1 Å². The topological polar surface area (TPSA) is 119 Å². The molecule has 0 amide bonds. The highest BCUT2D eigenvalue weighted by Crippen LogP contribution is 2.35. The Hall–Kier alpha value is -3.10. The number of carbonyl (C=O) groups is 1. The molecule has 3 aromatic rings. The van der Waals surface area contributed by atoms with Crippen LogP contribution in [0.1, 0.15) is 38.2 Å². The number of nitrogens with two attached hydrogens (primary N) is 1. The van der Waals surface area contributed by atoms with E-state index in [4.69, 9.17) is 9.88 Å². The third-order valence-corrected chi connectivity index (χ3v) is 6.89. The second kappa shape index (κ2) is 10.0. The lowest BCUT2D eigenvalue weighted by Crippen LogP contribution is -2.21. The first-order valence-corrected chi connectivity index (χ1v) is 13.1. The van der Waals surface area contributed by atoms with Gasteiger partial charge in [0.1, 0.15) is 5.75 Å². The molecule has 0 aromatic heterocycles. The van der Waals surface area contributed by atoms with E-state index >= 15 is 0 Å². The summed E-state index contributed by atoms with van der Waals surface area (Å²) in [5, 5.41) is 16.2. The fourth-order valence-corrected chi connectivity index (χ4v) is 4.98. The monoisotopic (exact) mass is 482 g/mol. The summed E-state index contributed by atoms with van der Waals surface area (Å²) in [5.74, 6) is 0.0450. The van der Waals surface area contributed by atoms with Crippen LogP contribution in [0.5, 0.6) is 5.75 Å². The largest absolute Gasteiger partial charge is 0.493 e. The first kappa shape index (κ1) is 24.0. The van der Waals surface area contributed by atoms with E-state index in [0.717, 1.165) is 33.2 Å². The number of hydrogen-bond acceptors (Lipinski definition) is 4. The van der Waals surface area contributed by atoms with Crippen LogP contribution in [-0.2, 0) is 21.4 Å². The molecule has 0 saturated heterocycles. The van der Waals surface area contributed by atoms with E-state index in [0.29, 0.717) is 24.6 Å². The van der Waals surface area contributed by atoms with Gasteiger partial charge < -0.3 is 9.84 Å². The van der Waals surface area contributed by atoms with Crippen molar-refractivity contribution in [2.75, 3.05) is 11.3 Å². The summed E-state index contributed by atoms with van der Waals surface area (Å²) >= 11 is 0. The molecule has 34 heavy (non-hydrogen) atoms. The van der Waals surface area contributed by atoms with Crippen molar-refractivity contribution >= 4 is 32.6 Å². The van der Waals surface area contributed by atoms with E-state index in [2.05, 4.69) is 4.72 Å². The molecule has 1 fully saturated rings. The minimum Gasteiger partial charge on any atom is -0.493 e. The maximum Gasteiger partial charge on any atom is 0.306 e. The Morgan fingerprint density at radius 2 is 1.79 bits per heavy atom. The van der Waals surface area contributed by atoms with Gasteiger partial charge in [0.15, 0.2) is 0 Å². The van der Waals surface area contributed by atoms with E-state index in [1.54, 1.807) is 19.1 Å². The van der Waals surface area contributed by atoms with Crippen molar-refractivity contribution in [3.63, 3.8) is 0 Å². The zero-order valence-electron chi connectivity index (χ0n) is 19.2. The molecule has 4 N–H and O–H groups in total. The van der Waals surface area contributed by atoms with Crippen molar-refractivity contribution in [2.45, 2.75) is 39.0 Å². The molecule has 1 aliphatic rings. The molecule has 0 spiro atoms. The Morgan fingerprint density at radius 1 is 1.09 bits per heavy atom. The van der Waals surface area contributed by atoms with Gasteiger partial charge in [-0.25, -0.2) is 5.14 Å². The Morgan fingerprint density at radius 3 is 2.50 bits per heavy atom. The lowest BCUT2D eigenvalue weighted by Gasteiger charge is -2.17. The van der Waals surface area contributed by atoms with E-state index in [1.165, 1.54) is 25.7 Å². The molecule has 8 heteroatoms. The van der Waals surface area contributed by atoms with Gasteiger partial charge in [-0.3, -0.25) is 9.52 Å². The maximum atomic E-state index is 11.4. The molecule has 0 radical (unpaired) electrons. The van der Waals surface area contributed by atoms with Crippen LogP contribution in [0.15, 0.2) is 54.6 Å². The zero-order valence-corrected chi connectivity index (χ0v) is 20.0. The number of aliphatic carboxylic acids is 1. The molecule has 1 saturated carbocycles. The molecule has 0 heterocycles. The smallest absolute Gasteiger partial charge is 0.306 e. The summed E-state index contributed by atoms with van der Waals surface area (Å²) in [6, 6.07) is 17.0. The molecule has 4 rings (SSSR count). The number of carboxylic acid groups (broad SMARTS) is 1. The number of fused-ring (bicyclic) bond motifs is 1. The highest BCUT2D eigenvalue weighted by molar-refractivity contribution is 7.90. The average Bonchev–Trinajstić information content (AvgIpc) is 3.30. The quantitative estimate of drug-likeness (QED) is 0.399. The molecule has 1 aliphatic carbocycles. The Labute approximate surface area is 200 Å². The van der Waals surface area contributed by atoms with Crippen LogP contribution in [0.2, 0.25) is 0 Å². The van der Waals surface area contributed by atoms with Crippen LogP contribution in [-0.4, -0.2) is 26.1 Å². The van der Waals surface area contributed by atoms with Crippen LogP contribution in [0.3, 0.4) is 0 Å². The predicted octanol–water partition coefficient (Wildman–Crippen LogP) is 4.95. The van der Waals surface area contributed by atoms with Crippen LogP contribution >= 0.6 is 0 Å². The minimum atomic E-state index is -3.85. The SMILES string of the molecule is CC(Cc1ccc(OCC2CCCC2)c(-c2ccc3cc(NS(N)(=O)=O)ccc3c2)c1)C(=O)O. The summed E-state index contributed by atoms with van der Waals surface area (Å²) in [7, 11) is -3.85. The van der Waals surface area contributed by atoms with Crippen LogP contribution in [0, 0.1) is 11.8 Å². The lowest BCUT2D eigenvalue weighted by molar-refractivity contribution is -0.141. The first-order valence-electron chi connectivity index (χ1n) is 11.5. The normalized spacial score (nSPS) is 15.4. The van der Waals surface area contributed by atoms with Crippen molar-refractivity contribution in [3.05, 3.63) is 60.2 Å². The fourth-order valence-electron chi connectivity index (χ4n) is 4.52. The molecular weight excluding hydrogens is 452 g/mol. The van der Waals surface area contributed by atoms with E-state index in [9.17, 15) is 18.3 Å². The Balaban J connectivity index is 1.68. The number of benzene rings is 3. The molecule has 1 unspecified atom stereocenters. The van der Waals surface area contributed by atoms with E-state index in [1.807, 2.05) is 42.5 Å². The van der Waals surface area contributed by atoms with Gasteiger partial charge in [-0.05, 0) is 77.4 Å². The van der Waals surface area contributed by atoms with Crippen molar-refractivity contribution in [1.29, 1.82) is 0 Å². The summed E-state index contributed by atoms with van der Waals surface area (Å²) < 4.78 is 31.2. The minimum absolute atomic E-state index is 0.396. The van der Waals surface area contributed by atoms with Crippen molar-refractivity contribution in [2.24, 2.45) is 17.0 Å². The first-order chi connectivity index (χ1) is 16.2. The van der Waals surface area contributed by atoms with Gasteiger partial charge in [0.25, 0.3) is 10.2 Å². The van der Waals surface area contributed by atoms with Gasteiger partial charge in [-0.1, -0.05) is 44.0 Å². The third-order valence-electron chi connectivity index (χ3n) is 6.37. The molecule has 3 aromatic carbocycles. The summed E-state index contributed by atoms with van der Waals surface area (Å²) in [6.45, 7) is 2.38. The number of hydrogen-bond donors (Lipinski definition) is 3. The van der Waals surface area contributed by atoms with Gasteiger partial charge in [0.2, 0.25) is 0 Å². The van der Waals surface area contributed by atoms with Crippen molar-refractivity contribution in [1.82, 2.24) is 0 Å². The van der Waals surface area contributed by atoms with Crippen LogP contribution < -0.4 is 14.6 Å².